The lowest BCUT2D eigenvalue weighted by molar-refractivity contribution is 0.0661. The van der Waals surface area contributed by atoms with Gasteiger partial charge in [0, 0.05) is 10.5 Å². The van der Waals surface area contributed by atoms with Crippen LogP contribution in [-0.4, -0.2) is 15.3 Å². The van der Waals surface area contributed by atoms with Crippen molar-refractivity contribution in [2.24, 2.45) is 0 Å². The molecule has 1 N–H and O–H groups in total. The Bertz CT molecular complexity index is 583. The molecule has 2 aromatic rings. The topological polar surface area (TPSA) is 67.5 Å². The largest absolute Gasteiger partial charge is 0.475 e. The zero-order valence-corrected chi connectivity index (χ0v) is 10.6. The zero-order valence-electron chi connectivity index (χ0n) is 9.75. The summed E-state index contributed by atoms with van der Waals surface area (Å²) in [6, 6.07) is 8.86. The van der Waals surface area contributed by atoms with Gasteiger partial charge < -0.3 is 9.52 Å². The molecule has 0 amide bonds. The van der Waals surface area contributed by atoms with Crippen LogP contribution >= 0.6 is 0 Å². The Kier molecular flexibility index (Phi) is 3.62. The summed E-state index contributed by atoms with van der Waals surface area (Å²) in [5.74, 6) is -1.15. The summed E-state index contributed by atoms with van der Waals surface area (Å²) < 4.78 is 16.9. The SMILES string of the molecule is Cc1ccc(S(=O)Cc2ccoc2C(=O)O)cc1. The number of hydrogen-bond donors (Lipinski definition) is 1. The third-order valence-corrected chi connectivity index (χ3v) is 3.88. The van der Waals surface area contributed by atoms with Gasteiger partial charge in [0.05, 0.1) is 22.8 Å². The number of carboxylic acid groups (broad SMARTS) is 1. The highest BCUT2D eigenvalue weighted by atomic mass is 32.2. The number of furan rings is 1. The minimum Gasteiger partial charge on any atom is -0.475 e. The molecule has 5 heteroatoms. The van der Waals surface area contributed by atoms with E-state index in [1.165, 1.54) is 12.3 Å². The van der Waals surface area contributed by atoms with Crippen molar-refractivity contribution in [1.82, 2.24) is 0 Å². The van der Waals surface area contributed by atoms with Gasteiger partial charge in [0.25, 0.3) is 0 Å². The summed E-state index contributed by atoms with van der Waals surface area (Å²) in [5, 5.41) is 8.88. The maximum absolute atomic E-state index is 12.1. The van der Waals surface area contributed by atoms with E-state index in [9.17, 15) is 9.00 Å². The van der Waals surface area contributed by atoms with Crippen molar-refractivity contribution >= 4 is 16.8 Å². The molecule has 1 unspecified atom stereocenters. The number of benzene rings is 1. The van der Waals surface area contributed by atoms with Crippen molar-refractivity contribution in [3.63, 3.8) is 0 Å². The quantitative estimate of drug-likeness (QED) is 0.921. The molecule has 0 aliphatic carbocycles. The lowest BCUT2D eigenvalue weighted by Crippen LogP contribution is -2.02. The zero-order chi connectivity index (χ0) is 13.1. The second-order valence-electron chi connectivity index (χ2n) is 3.88. The summed E-state index contributed by atoms with van der Waals surface area (Å²) in [6.07, 6.45) is 1.30. The van der Waals surface area contributed by atoms with Crippen molar-refractivity contribution in [1.29, 1.82) is 0 Å². The summed E-state index contributed by atoms with van der Waals surface area (Å²) in [7, 11) is -1.27. The van der Waals surface area contributed by atoms with Gasteiger partial charge in [-0.15, -0.1) is 0 Å². The normalized spacial score (nSPS) is 12.3. The Hall–Kier alpha value is -1.88. The van der Waals surface area contributed by atoms with Crippen LogP contribution in [0.1, 0.15) is 21.7 Å². The van der Waals surface area contributed by atoms with Gasteiger partial charge in [-0.25, -0.2) is 4.79 Å². The maximum atomic E-state index is 12.1. The van der Waals surface area contributed by atoms with Gasteiger partial charge in [-0.2, -0.15) is 0 Å². The van der Waals surface area contributed by atoms with Crippen LogP contribution in [-0.2, 0) is 16.6 Å². The van der Waals surface area contributed by atoms with Crippen LogP contribution in [0.4, 0.5) is 0 Å². The third kappa shape index (κ3) is 2.68. The predicted octanol–water partition coefficient (Wildman–Crippen LogP) is 2.59. The average molecular weight is 264 g/mol. The highest BCUT2D eigenvalue weighted by Crippen LogP contribution is 2.17. The second kappa shape index (κ2) is 5.18. The molecule has 1 heterocycles. The van der Waals surface area contributed by atoms with E-state index in [0.717, 1.165) is 5.56 Å². The van der Waals surface area contributed by atoms with Gasteiger partial charge in [-0.1, -0.05) is 17.7 Å². The van der Waals surface area contributed by atoms with Crippen molar-refractivity contribution in [2.45, 2.75) is 17.6 Å². The number of aryl methyl sites for hydroxylation is 1. The van der Waals surface area contributed by atoms with Gasteiger partial charge in [0.1, 0.15) is 0 Å². The molecule has 1 atom stereocenters. The molecule has 0 bridgehead atoms. The minimum atomic E-state index is -1.27. The van der Waals surface area contributed by atoms with E-state index in [1.807, 2.05) is 19.1 Å². The Morgan fingerprint density at radius 2 is 1.94 bits per heavy atom. The van der Waals surface area contributed by atoms with Gasteiger partial charge in [-0.05, 0) is 25.1 Å². The molecule has 0 aliphatic rings. The second-order valence-corrected chi connectivity index (χ2v) is 5.33. The van der Waals surface area contributed by atoms with E-state index in [0.29, 0.717) is 10.5 Å². The molecular weight excluding hydrogens is 252 g/mol. The lowest BCUT2D eigenvalue weighted by atomic mass is 10.2. The smallest absolute Gasteiger partial charge is 0.372 e. The van der Waals surface area contributed by atoms with E-state index in [1.54, 1.807) is 12.1 Å². The molecule has 0 saturated heterocycles. The van der Waals surface area contributed by atoms with E-state index >= 15 is 0 Å². The first-order valence-corrected chi connectivity index (χ1v) is 6.64. The Labute approximate surface area is 107 Å². The van der Waals surface area contributed by atoms with Crippen LogP contribution in [0, 0.1) is 6.92 Å². The number of carbonyl (C=O) groups is 1. The predicted molar refractivity (Wildman–Crippen MR) is 67.0 cm³/mol. The molecule has 0 fully saturated rings. The van der Waals surface area contributed by atoms with Crippen LogP contribution in [0.5, 0.6) is 0 Å². The summed E-state index contributed by atoms with van der Waals surface area (Å²) in [5.41, 5.74) is 1.53. The van der Waals surface area contributed by atoms with Gasteiger partial charge in [0.15, 0.2) is 0 Å². The van der Waals surface area contributed by atoms with Crippen LogP contribution < -0.4 is 0 Å². The van der Waals surface area contributed by atoms with Gasteiger partial charge in [0.2, 0.25) is 5.76 Å². The summed E-state index contributed by atoms with van der Waals surface area (Å²) in [6.45, 7) is 1.95. The maximum Gasteiger partial charge on any atom is 0.372 e. The number of hydrogen-bond acceptors (Lipinski definition) is 3. The highest BCUT2D eigenvalue weighted by Gasteiger charge is 2.16. The van der Waals surface area contributed by atoms with Gasteiger partial charge >= 0.3 is 5.97 Å². The molecule has 94 valence electrons. The number of rotatable bonds is 4. The Morgan fingerprint density at radius 1 is 1.28 bits per heavy atom. The molecule has 0 aliphatic heterocycles. The standard InChI is InChI=1S/C13H12O4S/c1-9-2-4-11(5-3-9)18(16)8-10-6-7-17-12(10)13(14)15/h2-7H,8H2,1H3,(H,14,15). The lowest BCUT2D eigenvalue weighted by Gasteiger charge is -2.02. The molecule has 1 aromatic carbocycles. The molecule has 18 heavy (non-hydrogen) atoms. The van der Waals surface area contributed by atoms with Crippen LogP contribution in [0.25, 0.3) is 0 Å². The molecular formula is C13H12O4S. The fraction of sp³-hybridized carbons (Fsp3) is 0.154. The van der Waals surface area contributed by atoms with Gasteiger partial charge in [-0.3, -0.25) is 4.21 Å². The fourth-order valence-corrected chi connectivity index (χ4v) is 2.67. The van der Waals surface area contributed by atoms with Crippen LogP contribution in [0.15, 0.2) is 45.9 Å². The third-order valence-electron chi connectivity index (χ3n) is 2.51. The first-order valence-electron chi connectivity index (χ1n) is 5.32. The first kappa shape index (κ1) is 12.6. The average Bonchev–Trinajstić information content (AvgIpc) is 2.78. The van der Waals surface area contributed by atoms with Crippen LogP contribution in [0.3, 0.4) is 0 Å². The molecule has 0 radical (unpaired) electrons. The molecule has 1 aromatic heterocycles. The van der Waals surface area contributed by atoms with E-state index in [4.69, 9.17) is 9.52 Å². The van der Waals surface area contributed by atoms with E-state index in [-0.39, 0.29) is 11.5 Å². The number of aromatic carboxylic acids is 1. The van der Waals surface area contributed by atoms with Crippen molar-refractivity contribution in [3.8, 4) is 0 Å². The molecule has 4 nitrogen and oxygen atoms in total. The van der Waals surface area contributed by atoms with Crippen LogP contribution in [0.2, 0.25) is 0 Å². The molecule has 0 spiro atoms. The minimum absolute atomic E-state index is 0.140. The monoisotopic (exact) mass is 264 g/mol. The Balaban J connectivity index is 2.19. The summed E-state index contributed by atoms with van der Waals surface area (Å²) in [4.78, 5) is 11.5. The molecule has 2 rings (SSSR count). The van der Waals surface area contributed by atoms with Crippen molar-refractivity contribution in [3.05, 3.63) is 53.5 Å². The van der Waals surface area contributed by atoms with E-state index < -0.39 is 16.8 Å². The fourth-order valence-electron chi connectivity index (χ4n) is 1.55. The Morgan fingerprint density at radius 3 is 2.56 bits per heavy atom. The highest BCUT2D eigenvalue weighted by molar-refractivity contribution is 7.84. The van der Waals surface area contributed by atoms with Crippen molar-refractivity contribution < 1.29 is 18.5 Å². The van der Waals surface area contributed by atoms with E-state index in [2.05, 4.69) is 0 Å². The molecule has 0 saturated carbocycles. The first-order chi connectivity index (χ1) is 8.58. The summed E-state index contributed by atoms with van der Waals surface area (Å²) >= 11 is 0. The van der Waals surface area contributed by atoms with Crippen molar-refractivity contribution in [2.75, 3.05) is 0 Å². The number of carboxylic acids is 1.